The molecule has 1 atom stereocenters. The third kappa shape index (κ3) is 4.32. The molecule has 0 spiro atoms. The monoisotopic (exact) mass is 346 g/mol. The van der Waals surface area contributed by atoms with Gasteiger partial charge in [-0.3, -0.25) is 0 Å². The largest absolute Gasteiger partial charge is 0.416 e. The number of rotatable bonds is 4. The van der Waals surface area contributed by atoms with Crippen molar-refractivity contribution in [2.75, 3.05) is 13.6 Å². The Labute approximate surface area is 128 Å². The molecular weight excluding hydrogens is 329 g/mol. The molecule has 0 saturated heterocycles. The van der Waals surface area contributed by atoms with E-state index in [1.165, 1.54) is 14.0 Å². The van der Waals surface area contributed by atoms with Gasteiger partial charge in [-0.1, -0.05) is 6.07 Å². The van der Waals surface area contributed by atoms with Crippen LogP contribution in [0.25, 0.3) is 0 Å². The highest BCUT2D eigenvalue weighted by molar-refractivity contribution is 7.89. The minimum atomic E-state index is -4.59. The van der Waals surface area contributed by atoms with Crippen LogP contribution in [0.1, 0.15) is 18.1 Å². The lowest BCUT2D eigenvalue weighted by Gasteiger charge is -2.24. The van der Waals surface area contributed by atoms with Crippen molar-refractivity contribution in [3.05, 3.63) is 29.3 Å². The first-order valence-electron chi connectivity index (χ1n) is 5.87. The van der Waals surface area contributed by atoms with Gasteiger partial charge in [-0.2, -0.15) is 17.5 Å². The van der Waals surface area contributed by atoms with Gasteiger partial charge in [-0.15, -0.1) is 12.4 Å². The molecule has 0 bridgehead atoms. The molecule has 1 unspecified atom stereocenters. The molecule has 1 rings (SSSR count). The van der Waals surface area contributed by atoms with Crippen LogP contribution in [0, 0.1) is 6.92 Å². The van der Waals surface area contributed by atoms with Crippen molar-refractivity contribution in [2.45, 2.75) is 31.0 Å². The topological polar surface area (TPSA) is 63.4 Å². The molecule has 1 aromatic carbocycles. The van der Waals surface area contributed by atoms with Crippen molar-refractivity contribution >= 4 is 22.4 Å². The van der Waals surface area contributed by atoms with Crippen molar-refractivity contribution in [3.63, 3.8) is 0 Å². The zero-order chi connectivity index (χ0) is 15.7. The minimum Gasteiger partial charge on any atom is -0.329 e. The first-order valence-corrected chi connectivity index (χ1v) is 7.31. The zero-order valence-electron chi connectivity index (χ0n) is 11.8. The summed E-state index contributed by atoms with van der Waals surface area (Å²) in [7, 11) is -2.71. The minimum absolute atomic E-state index is 0. The fourth-order valence-corrected chi connectivity index (χ4v) is 3.22. The van der Waals surface area contributed by atoms with Gasteiger partial charge in [0, 0.05) is 19.6 Å². The SMILES string of the molecule is Cc1ccc(C(F)(F)F)cc1S(=O)(=O)N(C)C(C)CN.Cl. The van der Waals surface area contributed by atoms with Crippen molar-refractivity contribution in [1.29, 1.82) is 0 Å². The van der Waals surface area contributed by atoms with Gasteiger partial charge in [0.15, 0.2) is 0 Å². The van der Waals surface area contributed by atoms with E-state index in [0.717, 1.165) is 16.4 Å². The number of hydrogen-bond donors (Lipinski definition) is 1. The number of hydrogen-bond acceptors (Lipinski definition) is 3. The van der Waals surface area contributed by atoms with E-state index in [1.54, 1.807) is 6.92 Å². The maximum atomic E-state index is 12.7. The number of aryl methyl sites for hydroxylation is 1. The van der Waals surface area contributed by atoms with Crippen LogP contribution < -0.4 is 5.73 Å². The maximum Gasteiger partial charge on any atom is 0.416 e. The van der Waals surface area contributed by atoms with Crippen LogP contribution in [0.3, 0.4) is 0 Å². The molecule has 0 aliphatic heterocycles. The van der Waals surface area contributed by atoms with E-state index >= 15 is 0 Å². The van der Waals surface area contributed by atoms with Crippen LogP contribution in [0.4, 0.5) is 13.2 Å². The summed E-state index contributed by atoms with van der Waals surface area (Å²) in [6, 6.07) is 2.16. The molecule has 4 nitrogen and oxygen atoms in total. The van der Waals surface area contributed by atoms with Crippen LogP contribution in [0.5, 0.6) is 0 Å². The standard InChI is InChI=1S/C12H17F3N2O2S.ClH/c1-8-4-5-10(12(13,14)15)6-11(8)20(18,19)17(3)9(2)7-16;/h4-6,9H,7,16H2,1-3H3;1H. The Balaban J connectivity index is 0.00000400. The van der Waals surface area contributed by atoms with Gasteiger partial charge in [0.2, 0.25) is 10.0 Å². The molecule has 0 heterocycles. The van der Waals surface area contributed by atoms with Gasteiger partial charge < -0.3 is 5.73 Å². The van der Waals surface area contributed by atoms with Gasteiger partial charge in [0.1, 0.15) is 0 Å². The average molecular weight is 347 g/mol. The quantitative estimate of drug-likeness (QED) is 0.910. The molecule has 1 aromatic rings. The molecule has 0 fully saturated rings. The summed E-state index contributed by atoms with van der Waals surface area (Å²) in [4.78, 5) is -0.352. The number of likely N-dealkylation sites (N-methyl/N-ethyl adjacent to an activating group) is 1. The van der Waals surface area contributed by atoms with Crippen LogP contribution in [0.2, 0.25) is 0 Å². The molecule has 0 aliphatic carbocycles. The molecule has 9 heteroatoms. The lowest BCUT2D eigenvalue weighted by Crippen LogP contribution is -2.40. The molecule has 2 N–H and O–H groups in total. The number of sulfonamides is 1. The highest BCUT2D eigenvalue weighted by Crippen LogP contribution is 2.32. The third-order valence-electron chi connectivity index (χ3n) is 3.13. The molecule has 21 heavy (non-hydrogen) atoms. The Hall–Kier alpha value is -0.830. The van der Waals surface area contributed by atoms with Crippen LogP contribution in [-0.4, -0.2) is 32.4 Å². The van der Waals surface area contributed by atoms with E-state index in [1.807, 2.05) is 0 Å². The fourth-order valence-electron chi connectivity index (χ4n) is 1.59. The molecule has 0 saturated carbocycles. The molecule has 122 valence electrons. The average Bonchev–Trinajstić information content (AvgIpc) is 2.35. The predicted molar refractivity (Wildman–Crippen MR) is 76.9 cm³/mol. The lowest BCUT2D eigenvalue weighted by molar-refractivity contribution is -0.137. The normalized spacial score (nSPS) is 13.9. The Bertz CT molecular complexity index is 591. The molecular formula is C12H18ClF3N2O2S. The van der Waals surface area contributed by atoms with Gasteiger partial charge >= 0.3 is 6.18 Å². The smallest absolute Gasteiger partial charge is 0.329 e. The Kier molecular flexibility index (Phi) is 6.68. The second kappa shape index (κ2) is 6.95. The summed E-state index contributed by atoms with van der Waals surface area (Å²) >= 11 is 0. The highest BCUT2D eigenvalue weighted by atomic mass is 35.5. The number of benzene rings is 1. The lowest BCUT2D eigenvalue weighted by atomic mass is 10.1. The molecule has 0 amide bonds. The number of nitrogens with two attached hydrogens (primary N) is 1. The summed E-state index contributed by atoms with van der Waals surface area (Å²) in [5.41, 5.74) is 4.67. The second-order valence-corrected chi connectivity index (χ2v) is 6.55. The van der Waals surface area contributed by atoms with Crippen molar-refractivity contribution in [1.82, 2.24) is 4.31 Å². The summed E-state index contributed by atoms with van der Waals surface area (Å²) in [5, 5.41) is 0. The fraction of sp³-hybridized carbons (Fsp3) is 0.500. The van der Waals surface area contributed by atoms with Gasteiger partial charge in [-0.05, 0) is 31.5 Å². The van der Waals surface area contributed by atoms with Gasteiger partial charge in [0.05, 0.1) is 10.5 Å². The molecule has 0 radical (unpaired) electrons. The van der Waals surface area contributed by atoms with Gasteiger partial charge in [0.25, 0.3) is 0 Å². The van der Waals surface area contributed by atoms with E-state index in [2.05, 4.69) is 0 Å². The Morgan fingerprint density at radius 2 is 1.86 bits per heavy atom. The van der Waals surface area contributed by atoms with Crippen molar-refractivity contribution in [2.24, 2.45) is 5.73 Å². The number of halogens is 4. The van der Waals surface area contributed by atoms with Crippen LogP contribution >= 0.6 is 12.4 Å². The predicted octanol–water partition coefficient (Wildman–Crippen LogP) is 2.40. The third-order valence-corrected chi connectivity index (χ3v) is 5.25. The van der Waals surface area contributed by atoms with E-state index in [4.69, 9.17) is 5.73 Å². The Morgan fingerprint density at radius 3 is 2.29 bits per heavy atom. The van der Waals surface area contributed by atoms with E-state index < -0.39 is 27.8 Å². The van der Waals surface area contributed by atoms with Crippen LogP contribution in [0.15, 0.2) is 23.1 Å². The zero-order valence-corrected chi connectivity index (χ0v) is 13.4. The van der Waals surface area contributed by atoms with E-state index in [0.29, 0.717) is 6.07 Å². The summed E-state index contributed by atoms with van der Waals surface area (Å²) in [6.45, 7) is 3.11. The van der Waals surface area contributed by atoms with Crippen LogP contribution in [-0.2, 0) is 16.2 Å². The Morgan fingerprint density at radius 1 is 1.33 bits per heavy atom. The van der Waals surface area contributed by atoms with E-state index in [-0.39, 0.29) is 29.4 Å². The summed E-state index contributed by atoms with van der Waals surface area (Å²) < 4.78 is 63.7. The van der Waals surface area contributed by atoms with E-state index in [9.17, 15) is 21.6 Å². The number of alkyl halides is 3. The first kappa shape index (κ1) is 20.2. The van der Waals surface area contributed by atoms with Crippen molar-refractivity contribution in [3.8, 4) is 0 Å². The maximum absolute atomic E-state index is 12.7. The summed E-state index contributed by atoms with van der Waals surface area (Å²) in [5.74, 6) is 0. The molecule has 0 aliphatic rings. The highest BCUT2D eigenvalue weighted by Gasteiger charge is 2.33. The summed E-state index contributed by atoms with van der Waals surface area (Å²) in [6.07, 6.45) is -4.59. The molecule has 0 aromatic heterocycles. The van der Waals surface area contributed by atoms with Crippen molar-refractivity contribution < 1.29 is 21.6 Å². The first-order chi connectivity index (χ1) is 9.01. The second-order valence-electron chi connectivity index (χ2n) is 4.58. The van der Waals surface area contributed by atoms with Gasteiger partial charge in [-0.25, -0.2) is 8.42 Å². The number of nitrogens with zero attached hydrogens (tertiary/aromatic N) is 1.